The first-order chi connectivity index (χ1) is 32.3. The summed E-state index contributed by atoms with van der Waals surface area (Å²) in [6.45, 7) is 0. The molecule has 2 aliphatic heterocycles. The molecule has 2 heterocycles. The normalized spacial score (nSPS) is 14.5. The maximum Gasteiger partial charge on any atom is 0.132 e. The predicted octanol–water partition coefficient (Wildman–Crippen LogP) is 16.1. The summed E-state index contributed by atoms with van der Waals surface area (Å²) in [7, 11) is 0. The molecule has 0 bridgehead atoms. The largest absolute Gasteiger partial charge is 0.457 e. The van der Waals surface area contributed by atoms with Gasteiger partial charge in [0.25, 0.3) is 0 Å². The van der Waals surface area contributed by atoms with E-state index in [0.29, 0.717) is 0 Å². The molecule has 0 N–H and O–H groups in total. The van der Waals surface area contributed by atoms with E-state index in [0.717, 1.165) is 45.3 Å². The van der Waals surface area contributed by atoms with Crippen molar-refractivity contribution in [2.24, 2.45) is 0 Å². The van der Waals surface area contributed by atoms with Crippen LogP contribution in [0.15, 0.2) is 246 Å². The summed E-state index contributed by atoms with van der Waals surface area (Å²) in [6, 6.07) is 87.6. The fraction of sp³-hybridized carbons (Fsp3) is 0.0323. The Labute approximate surface area is 383 Å². The van der Waals surface area contributed by atoms with Crippen LogP contribution in [-0.4, -0.2) is 0 Å². The number of anilines is 3. The molecule has 3 heteroatoms. The number of benzene rings is 10. The third-order valence-corrected chi connectivity index (χ3v) is 15.6. The molecule has 2 aliphatic carbocycles. The minimum absolute atomic E-state index is 0.518. The van der Waals surface area contributed by atoms with E-state index in [2.05, 4.69) is 241 Å². The number of para-hydroxylation sites is 3. The van der Waals surface area contributed by atoms with Crippen molar-refractivity contribution in [2.75, 3.05) is 4.90 Å². The van der Waals surface area contributed by atoms with Crippen LogP contribution in [0.25, 0.3) is 33.4 Å². The van der Waals surface area contributed by atoms with Gasteiger partial charge in [-0.3, -0.25) is 0 Å². The highest BCUT2D eigenvalue weighted by Gasteiger charge is 2.53. The van der Waals surface area contributed by atoms with Crippen molar-refractivity contribution < 1.29 is 4.74 Å². The lowest BCUT2D eigenvalue weighted by Gasteiger charge is -2.41. The molecule has 0 unspecified atom stereocenters. The van der Waals surface area contributed by atoms with E-state index in [1.807, 2.05) is 11.8 Å². The Morgan fingerprint density at radius 3 is 1.49 bits per heavy atom. The van der Waals surface area contributed by atoms with Crippen molar-refractivity contribution in [3.63, 3.8) is 0 Å². The first kappa shape index (κ1) is 36.6. The van der Waals surface area contributed by atoms with Crippen molar-refractivity contribution >= 4 is 28.8 Å². The predicted molar refractivity (Wildman–Crippen MR) is 265 cm³/mol. The molecule has 0 amide bonds. The molecule has 0 aromatic heterocycles. The van der Waals surface area contributed by atoms with Gasteiger partial charge in [-0.2, -0.15) is 0 Å². The summed E-state index contributed by atoms with van der Waals surface area (Å²) >= 11 is 1.89. The van der Waals surface area contributed by atoms with Gasteiger partial charge in [0, 0.05) is 37.7 Å². The monoisotopic (exact) mass is 845 g/mol. The zero-order valence-electron chi connectivity index (χ0n) is 35.3. The van der Waals surface area contributed by atoms with Gasteiger partial charge < -0.3 is 9.64 Å². The molecule has 0 fully saturated rings. The van der Waals surface area contributed by atoms with Crippen molar-refractivity contribution in [3.8, 4) is 44.9 Å². The van der Waals surface area contributed by atoms with Gasteiger partial charge in [0.1, 0.15) is 11.5 Å². The van der Waals surface area contributed by atoms with Crippen molar-refractivity contribution in [3.05, 3.63) is 281 Å². The summed E-state index contributed by atoms with van der Waals surface area (Å²) in [4.78, 5) is 5.12. The quantitative estimate of drug-likeness (QED) is 0.175. The van der Waals surface area contributed by atoms with Crippen LogP contribution in [0.2, 0.25) is 0 Å². The molecule has 0 radical (unpaired) electrons. The molecule has 304 valence electrons. The molecular weight excluding hydrogens is 807 g/mol. The Morgan fingerprint density at radius 2 is 0.800 bits per heavy atom. The van der Waals surface area contributed by atoms with E-state index in [1.54, 1.807) is 0 Å². The standard InChI is InChI=1S/C62H39NOS/c1-2-19-40(20-3-1)42-21-7-14-32-54(42)63(41-37-38-59-53(39-41)61(51-30-13-17-36-58(51)65-59)46-25-8-4-22-43(46)44-23-5-9-26-47(44)61)55-33-18-31-52-60(55)45-24-6-10-27-48(45)62(52)49-28-11-15-34-56(49)64-57-35-16-12-29-50(57)62/h1-39H. The molecule has 65 heavy (non-hydrogen) atoms. The third-order valence-electron chi connectivity index (χ3n) is 14.4. The summed E-state index contributed by atoms with van der Waals surface area (Å²) < 4.78 is 6.74. The van der Waals surface area contributed by atoms with Crippen LogP contribution in [0.1, 0.15) is 44.5 Å². The van der Waals surface area contributed by atoms with Crippen LogP contribution in [-0.2, 0) is 10.8 Å². The maximum atomic E-state index is 6.74. The van der Waals surface area contributed by atoms with Gasteiger partial charge in [-0.15, -0.1) is 0 Å². The summed E-state index contributed by atoms with van der Waals surface area (Å²) in [6.07, 6.45) is 0. The molecule has 4 aliphatic rings. The van der Waals surface area contributed by atoms with E-state index in [4.69, 9.17) is 4.74 Å². The highest BCUT2D eigenvalue weighted by Crippen LogP contribution is 2.66. The second-order valence-electron chi connectivity index (χ2n) is 17.4. The van der Waals surface area contributed by atoms with Gasteiger partial charge >= 0.3 is 0 Å². The highest BCUT2D eigenvalue weighted by atomic mass is 32.2. The van der Waals surface area contributed by atoms with Gasteiger partial charge in [0.05, 0.1) is 22.2 Å². The molecule has 2 spiro atoms. The third kappa shape index (κ3) is 4.86. The first-order valence-corrected chi connectivity index (χ1v) is 23.2. The van der Waals surface area contributed by atoms with E-state index in [1.165, 1.54) is 71.0 Å². The Bertz CT molecular complexity index is 3500. The molecule has 0 atom stereocenters. The lowest BCUT2D eigenvalue weighted by atomic mass is 9.66. The number of rotatable bonds is 4. The number of hydrogen-bond donors (Lipinski definition) is 0. The molecule has 0 saturated heterocycles. The Kier molecular flexibility index (Phi) is 7.79. The lowest BCUT2D eigenvalue weighted by Crippen LogP contribution is -2.32. The van der Waals surface area contributed by atoms with Crippen LogP contribution >= 0.6 is 11.8 Å². The number of ether oxygens (including phenoxy) is 1. The zero-order chi connectivity index (χ0) is 42.7. The van der Waals surface area contributed by atoms with E-state index in [-0.39, 0.29) is 0 Å². The van der Waals surface area contributed by atoms with Crippen LogP contribution in [0.3, 0.4) is 0 Å². The number of nitrogens with zero attached hydrogens (tertiary/aromatic N) is 1. The van der Waals surface area contributed by atoms with Gasteiger partial charge in [-0.25, -0.2) is 0 Å². The molecule has 0 saturated carbocycles. The second kappa shape index (κ2) is 13.8. The van der Waals surface area contributed by atoms with Crippen molar-refractivity contribution in [1.29, 1.82) is 0 Å². The van der Waals surface area contributed by atoms with Crippen molar-refractivity contribution in [1.82, 2.24) is 0 Å². The summed E-state index contributed by atoms with van der Waals surface area (Å²) in [5.41, 5.74) is 19.7. The first-order valence-electron chi connectivity index (χ1n) is 22.4. The van der Waals surface area contributed by atoms with E-state index >= 15 is 0 Å². The van der Waals surface area contributed by atoms with Crippen LogP contribution in [0.4, 0.5) is 17.1 Å². The Hall–Kier alpha value is -7.85. The number of hydrogen-bond acceptors (Lipinski definition) is 3. The van der Waals surface area contributed by atoms with E-state index < -0.39 is 10.8 Å². The van der Waals surface area contributed by atoms with Gasteiger partial charge in [0.2, 0.25) is 0 Å². The van der Waals surface area contributed by atoms with Crippen LogP contribution in [0, 0.1) is 0 Å². The zero-order valence-corrected chi connectivity index (χ0v) is 36.1. The average Bonchev–Trinajstić information content (AvgIpc) is 3.84. The summed E-state index contributed by atoms with van der Waals surface area (Å²) in [5.74, 6) is 1.78. The number of fused-ring (bicyclic) bond motifs is 18. The molecule has 10 aromatic rings. The smallest absolute Gasteiger partial charge is 0.132 e. The molecule has 10 aromatic carbocycles. The minimum atomic E-state index is -0.602. The molecular formula is C62H39NOS. The average molecular weight is 846 g/mol. The Morgan fingerprint density at radius 1 is 0.323 bits per heavy atom. The topological polar surface area (TPSA) is 12.5 Å². The SMILES string of the molecule is c1ccc(-c2ccccc2N(c2ccc3c(c2)C2(c4ccccc4S3)c3ccccc3-c3ccccc32)c2cccc3c2-c2ccccc2C32c3ccccc3Oc3ccccc32)cc1. The lowest BCUT2D eigenvalue weighted by molar-refractivity contribution is 0.436. The fourth-order valence-corrected chi connectivity index (χ4v) is 13.2. The molecule has 14 rings (SSSR count). The fourth-order valence-electron chi connectivity index (χ4n) is 12.0. The minimum Gasteiger partial charge on any atom is -0.457 e. The van der Waals surface area contributed by atoms with Crippen molar-refractivity contribution in [2.45, 2.75) is 20.6 Å². The Balaban J connectivity index is 1.09. The van der Waals surface area contributed by atoms with Gasteiger partial charge in [-0.1, -0.05) is 200 Å². The van der Waals surface area contributed by atoms with Crippen LogP contribution in [0.5, 0.6) is 11.5 Å². The highest BCUT2D eigenvalue weighted by molar-refractivity contribution is 7.99. The van der Waals surface area contributed by atoms with E-state index in [9.17, 15) is 0 Å². The second-order valence-corrected chi connectivity index (χ2v) is 18.5. The van der Waals surface area contributed by atoms with Gasteiger partial charge in [0.15, 0.2) is 0 Å². The summed E-state index contributed by atoms with van der Waals surface area (Å²) in [5, 5.41) is 0. The maximum absolute atomic E-state index is 6.74. The van der Waals surface area contributed by atoms with Crippen LogP contribution < -0.4 is 9.64 Å². The van der Waals surface area contributed by atoms with Gasteiger partial charge in [-0.05, 0) is 104 Å². The molecule has 2 nitrogen and oxygen atoms in total.